The smallest absolute Gasteiger partial charge is 0.266 e. The molecule has 2 heterocycles. The van der Waals surface area contributed by atoms with E-state index in [0.29, 0.717) is 27.9 Å². The van der Waals surface area contributed by atoms with Crippen LogP contribution in [0, 0.1) is 5.82 Å². The zero-order chi connectivity index (χ0) is 18.5. The average Bonchev–Trinajstić information content (AvgIpc) is 3.19. The van der Waals surface area contributed by atoms with Gasteiger partial charge in [0.2, 0.25) is 5.91 Å². The molecule has 134 valence electrons. The zero-order valence-corrected chi connectivity index (χ0v) is 16.1. The van der Waals surface area contributed by atoms with E-state index in [1.165, 1.54) is 34.9 Å². The molecule has 1 aromatic carbocycles. The van der Waals surface area contributed by atoms with Gasteiger partial charge in [0.1, 0.15) is 10.1 Å². The van der Waals surface area contributed by atoms with Gasteiger partial charge in [-0.2, -0.15) is 0 Å². The normalized spacial score (nSPS) is 15.7. The number of thioether (sulfide) groups is 1. The third kappa shape index (κ3) is 4.78. The second kappa shape index (κ2) is 8.57. The fourth-order valence-electron chi connectivity index (χ4n) is 2.38. The highest BCUT2D eigenvalue weighted by Gasteiger charge is 2.31. The topological polar surface area (TPSA) is 49.4 Å². The van der Waals surface area contributed by atoms with Gasteiger partial charge >= 0.3 is 0 Å². The number of hydrogen-bond acceptors (Lipinski definition) is 5. The molecule has 1 saturated heterocycles. The lowest BCUT2D eigenvalue weighted by atomic mass is 10.2. The Balaban J connectivity index is 1.51. The largest absolute Gasteiger partial charge is 0.326 e. The first-order valence-corrected chi connectivity index (χ1v) is 9.97. The van der Waals surface area contributed by atoms with Crippen LogP contribution in [0.2, 0.25) is 0 Å². The molecular weight excluding hydrogens is 391 g/mol. The van der Waals surface area contributed by atoms with Gasteiger partial charge < -0.3 is 5.32 Å². The molecule has 0 saturated carbocycles. The molecule has 2 amide bonds. The highest BCUT2D eigenvalue weighted by atomic mass is 32.2. The van der Waals surface area contributed by atoms with Crippen LogP contribution in [0.3, 0.4) is 0 Å². The molecule has 0 bridgehead atoms. The van der Waals surface area contributed by atoms with Crippen molar-refractivity contribution in [1.29, 1.82) is 0 Å². The van der Waals surface area contributed by atoms with Crippen LogP contribution in [0.4, 0.5) is 10.1 Å². The fraction of sp³-hybridized carbons (Fsp3) is 0.167. The number of carbonyl (C=O) groups is 2. The van der Waals surface area contributed by atoms with Crippen LogP contribution >= 0.6 is 35.3 Å². The number of thiophene rings is 1. The minimum atomic E-state index is -0.405. The molecule has 1 fully saturated rings. The number of nitrogens with one attached hydrogen (secondary N) is 1. The van der Waals surface area contributed by atoms with E-state index in [1.54, 1.807) is 17.4 Å². The molecule has 0 unspecified atom stereocenters. The molecular formula is C18H15FN2O2S3. The van der Waals surface area contributed by atoms with Crippen molar-refractivity contribution in [2.75, 3.05) is 11.9 Å². The first-order chi connectivity index (χ1) is 12.5. The van der Waals surface area contributed by atoms with E-state index >= 15 is 0 Å². The van der Waals surface area contributed by atoms with Crippen molar-refractivity contribution in [2.24, 2.45) is 0 Å². The lowest BCUT2D eigenvalue weighted by Crippen LogP contribution is -2.29. The Morgan fingerprint density at radius 3 is 2.88 bits per heavy atom. The summed E-state index contributed by atoms with van der Waals surface area (Å²) in [7, 11) is 0. The number of thiocarbonyl (C=S) groups is 1. The van der Waals surface area contributed by atoms with E-state index in [0.717, 1.165) is 4.88 Å². The number of amides is 2. The molecule has 8 heteroatoms. The van der Waals surface area contributed by atoms with Gasteiger partial charge in [-0.25, -0.2) is 4.39 Å². The summed E-state index contributed by atoms with van der Waals surface area (Å²) in [5.74, 6) is -0.757. The monoisotopic (exact) mass is 406 g/mol. The van der Waals surface area contributed by atoms with Gasteiger partial charge in [-0.3, -0.25) is 14.5 Å². The Labute approximate surface area is 164 Å². The number of nitrogens with zero attached hydrogens (tertiary/aromatic N) is 1. The van der Waals surface area contributed by atoms with E-state index in [9.17, 15) is 14.0 Å². The second-order valence-corrected chi connectivity index (χ2v) is 8.17. The Morgan fingerprint density at radius 2 is 2.15 bits per heavy atom. The lowest BCUT2D eigenvalue weighted by molar-refractivity contribution is -0.122. The number of halogens is 1. The summed E-state index contributed by atoms with van der Waals surface area (Å²) >= 11 is 8.11. The molecule has 2 aromatic rings. The van der Waals surface area contributed by atoms with Crippen LogP contribution in [0.5, 0.6) is 0 Å². The first-order valence-electron chi connectivity index (χ1n) is 7.87. The van der Waals surface area contributed by atoms with Gasteiger partial charge in [0.25, 0.3) is 5.91 Å². The zero-order valence-electron chi connectivity index (χ0n) is 13.6. The summed E-state index contributed by atoms with van der Waals surface area (Å²) < 4.78 is 13.6. The van der Waals surface area contributed by atoms with Crippen molar-refractivity contribution in [3.63, 3.8) is 0 Å². The van der Waals surface area contributed by atoms with Crippen LogP contribution < -0.4 is 5.32 Å². The highest BCUT2D eigenvalue weighted by Crippen LogP contribution is 2.33. The molecule has 0 spiro atoms. The predicted octanol–water partition coefficient (Wildman–Crippen LogP) is 4.51. The highest BCUT2D eigenvalue weighted by molar-refractivity contribution is 8.26. The van der Waals surface area contributed by atoms with Crippen LogP contribution in [0.1, 0.15) is 17.7 Å². The summed E-state index contributed by atoms with van der Waals surface area (Å²) in [6, 6.07) is 9.59. The molecule has 1 N–H and O–H groups in total. The Kier molecular flexibility index (Phi) is 6.18. The lowest BCUT2D eigenvalue weighted by Gasteiger charge is -2.14. The molecule has 1 aliphatic heterocycles. The predicted molar refractivity (Wildman–Crippen MR) is 108 cm³/mol. The standard InChI is InChI=1S/C18H15FN2O2S3/c19-12-4-1-5-13(10-12)20-16(22)7-2-8-21-17(23)15(26-18(21)24)11-14-6-3-9-25-14/h1,3-6,9-11H,2,7-8H2,(H,20,22)/b15-11-. The third-order valence-corrected chi connectivity index (χ3v) is 5.78. The Bertz CT molecular complexity index is 865. The van der Waals surface area contributed by atoms with Gasteiger partial charge in [0.15, 0.2) is 0 Å². The molecule has 0 atom stereocenters. The summed E-state index contributed by atoms with van der Waals surface area (Å²) in [4.78, 5) is 27.5. The van der Waals surface area contributed by atoms with Gasteiger partial charge in [-0.1, -0.05) is 36.1 Å². The molecule has 26 heavy (non-hydrogen) atoms. The van der Waals surface area contributed by atoms with Crippen LogP contribution in [-0.2, 0) is 9.59 Å². The number of benzene rings is 1. The van der Waals surface area contributed by atoms with Crippen molar-refractivity contribution in [2.45, 2.75) is 12.8 Å². The first kappa shape index (κ1) is 18.8. The van der Waals surface area contributed by atoms with E-state index in [1.807, 2.05) is 23.6 Å². The van der Waals surface area contributed by atoms with Crippen LogP contribution in [-0.4, -0.2) is 27.6 Å². The minimum Gasteiger partial charge on any atom is -0.326 e. The molecule has 1 aromatic heterocycles. The third-order valence-electron chi connectivity index (χ3n) is 3.58. The van der Waals surface area contributed by atoms with Crippen molar-refractivity contribution in [1.82, 2.24) is 4.90 Å². The Morgan fingerprint density at radius 1 is 1.31 bits per heavy atom. The van der Waals surface area contributed by atoms with Gasteiger partial charge in [-0.15, -0.1) is 11.3 Å². The summed E-state index contributed by atoms with van der Waals surface area (Å²) in [6.45, 7) is 0.378. The molecule has 3 rings (SSSR count). The van der Waals surface area contributed by atoms with E-state index in [-0.39, 0.29) is 18.2 Å². The van der Waals surface area contributed by atoms with Crippen molar-refractivity contribution < 1.29 is 14.0 Å². The molecule has 4 nitrogen and oxygen atoms in total. The molecule has 0 radical (unpaired) electrons. The van der Waals surface area contributed by atoms with Gasteiger partial charge in [0.05, 0.1) is 4.91 Å². The number of hydrogen-bond donors (Lipinski definition) is 1. The second-order valence-electron chi connectivity index (χ2n) is 5.51. The fourth-order valence-corrected chi connectivity index (χ4v) is 4.41. The van der Waals surface area contributed by atoms with Gasteiger partial charge in [0, 0.05) is 23.5 Å². The van der Waals surface area contributed by atoms with E-state index in [4.69, 9.17) is 12.2 Å². The van der Waals surface area contributed by atoms with E-state index in [2.05, 4.69) is 5.32 Å². The minimum absolute atomic E-state index is 0.126. The number of rotatable bonds is 6. The maximum Gasteiger partial charge on any atom is 0.266 e. The summed E-state index contributed by atoms with van der Waals surface area (Å²) in [6.07, 6.45) is 2.53. The Hall–Kier alpha value is -2.03. The summed E-state index contributed by atoms with van der Waals surface area (Å²) in [5, 5.41) is 4.59. The van der Waals surface area contributed by atoms with Crippen LogP contribution in [0.15, 0.2) is 46.7 Å². The van der Waals surface area contributed by atoms with Crippen LogP contribution in [0.25, 0.3) is 6.08 Å². The molecule has 0 aliphatic carbocycles. The quantitative estimate of drug-likeness (QED) is 0.567. The summed E-state index contributed by atoms with van der Waals surface area (Å²) in [5.41, 5.74) is 0.416. The number of anilines is 1. The van der Waals surface area contributed by atoms with Crippen molar-refractivity contribution in [3.05, 3.63) is 57.4 Å². The van der Waals surface area contributed by atoms with Crippen molar-refractivity contribution >= 4 is 63.2 Å². The number of carbonyl (C=O) groups excluding carboxylic acids is 2. The molecule has 1 aliphatic rings. The average molecular weight is 407 g/mol. The maximum atomic E-state index is 13.1. The van der Waals surface area contributed by atoms with E-state index < -0.39 is 5.82 Å². The van der Waals surface area contributed by atoms with Gasteiger partial charge in [-0.05, 0) is 42.1 Å². The van der Waals surface area contributed by atoms with Crippen molar-refractivity contribution in [3.8, 4) is 0 Å². The maximum absolute atomic E-state index is 13.1. The SMILES string of the molecule is O=C(CCCN1C(=O)/C(=C/c2cccs2)SC1=S)Nc1cccc(F)c1.